The molecule has 0 amide bonds. The van der Waals surface area contributed by atoms with Crippen LogP contribution in [0.1, 0.15) is 12.8 Å². The van der Waals surface area contributed by atoms with Gasteiger partial charge in [-0.25, -0.2) is 4.98 Å². The van der Waals surface area contributed by atoms with Crippen LogP contribution >= 0.6 is 0 Å². The van der Waals surface area contributed by atoms with Crippen LogP contribution in [0.15, 0.2) is 54.6 Å². The molecule has 0 atom stereocenters. The molecule has 1 fully saturated rings. The van der Waals surface area contributed by atoms with Crippen LogP contribution in [0.2, 0.25) is 0 Å². The molecule has 0 spiro atoms. The zero-order valence-corrected chi connectivity index (χ0v) is 15.4. The number of hydrogen-bond acceptors (Lipinski definition) is 6. The van der Waals surface area contributed by atoms with E-state index in [1.807, 2.05) is 54.6 Å². The Kier molecular flexibility index (Phi) is 4.78. The summed E-state index contributed by atoms with van der Waals surface area (Å²) in [7, 11) is 3.27. The second kappa shape index (κ2) is 7.53. The maximum atomic E-state index is 5.35. The second-order valence-electron chi connectivity index (χ2n) is 6.47. The van der Waals surface area contributed by atoms with Gasteiger partial charge in [-0.1, -0.05) is 30.3 Å². The van der Waals surface area contributed by atoms with E-state index in [1.165, 1.54) is 0 Å². The van der Waals surface area contributed by atoms with Crippen molar-refractivity contribution in [1.82, 2.24) is 9.97 Å². The predicted molar refractivity (Wildman–Crippen MR) is 107 cm³/mol. The maximum absolute atomic E-state index is 5.35. The molecule has 1 aliphatic carbocycles. The molecule has 2 aromatic carbocycles. The Bertz CT molecular complexity index is 904. The molecule has 0 aliphatic heterocycles. The van der Waals surface area contributed by atoms with Crippen molar-refractivity contribution < 1.29 is 9.47 Å². The van der Waals surface area contributed by atoms with Gasteiger partial charge < -0.3 is 20.1 Å². The largest absolute Gasteiger partial charge is 0.497 e. The topological polar surface area (TPSA) is 68.3 Å². The summed E-state index contributed by atoms with van der Waals surface area (Å²) in [6, 6.07) is 18.2. The highest BCUT2D eigenvalue weighted by atomic mass is 16.5. The Hall–Kier alpha value is -3.28. The maximum Gasteiger partial charge on any atom is 0.225 e. The average molecular weight is 362 g/mol. The van der Waals surface area contributed by atoms with Crippen molar-refractivity contribution in [2.45, 2.75) is 18.9 Å². The zero-order valence-electron chi connectivity index (χ0n) is 15.4. The summed E-state index contributed by atoms with van der Waals surface area (Å²) in [6.45, 7) is 0. The first-order chi connectivity index (χ1) is 13.2. The number of nitrogens with one attached hydrogen (secondary N) is 2. The van der Waals surface area contributed by atoms with E-state index in [-0.39, 0.29) is 0 Å². The Labute approximate surface area is 158 Å². The molecule has 1 heterocycles. The van der Waals surface area contributed by atoms with Gasteiger partial charge in [-0.15, -0.1) is 0 Å². The third-order valence-corrected chi connectivity index (χ3v) is 4.33. The van der Waals surface area contributed by atoms with Crippen molar-refractivity contribution >= 4 is 17.5 Å². The van der Waals surface area contributed by atoms with Crippen molar-refractivity contribution in [2.24, 2.45) is 0 Å². The Morgan fingerprint density at radius 3 is 2.22 bits per heavy atom. The van der Waals surface area contributed by atoms with Crippen LogP contribution in [-0.2, 0) is 0 Å². The Morgan fingerprint density at radius 2 is 1.59 bits per heavy atom. The van der Waals surface area contributed by atoms with E-state index in [1.54, 1.807) is 14.2 Å². The number of ether oxygens (including phenoxy) is 2. The highest BCUT2D eigenvalue weighted by Crippen LogP contribution is 2.30. The minimum atomic E-state index is 0.473. The van der Waals surface area contributed by atoms with Gasteiger partial charge in [0.05, 0.1) is 19.9 Å². The van der Waals surface area contributed by atoms with Gasteiger partial charge in [0.2, 0.25) is 5.95 Å². The molecule has 6 nitrogen and oxygen atoms in total. The number of methoxy groups -OCH3 is 2. The van der Waals surface area contributed by atoms with Crippen LogP contribution in [0.3, 0.4) is 0 Å². The number of anilines is 3. The van der Waals surface area contributed by atoms with Gasteiger partial charge in [-0.2, -0.15) is 4.98 Å². The molecule has 1 aliphatic rings. The molecular weight excluding hydrogens is 340 g/mol. The molecule has 0 unspecified atom stereocenters. The standard InChI is InChI=1S/C21H22N4O2/c1-26-17-10-16(11-18(12-17)27-2)22-20-13-19(14-6-4-3-5-7-14)24-21(25-20)23-15-8-9-15/h3-7,10-13,15H,8-9H2,1-2H3,(H2,22,23,24,25). The van der Waals surface area contributed by atoms with E-state index in [0.29, 0.717) is 29.3 Å². The number of benzene rings is 2. The van der Waals surface area contributed by atoms with Crippen molar-refractivity contribution in [3.05, 3.63) is 54.6 Å². The normalized spacial score (nSPS) is 13.1. The number of rotatable bonds is 7. The molecule has 1 aromatic heterocycles. The molecule has 0 saturated heterocycles. The fourth-order valence-electron chi connectivity index (χ4n) is 2.77. The first-order valence-electron chi connectivity index (χ1n) is 8.94. The van der Waals surface area contributed by atoms with Gasteiger partial charge in [0.15, 0.2) is 0 Å². The number of aromatic nitrogens is 2. The lowest BCUT2D eigenvalue weighted by molar-refractivity contribution is 0.395. The Balaban J connectivity index is 1.69. The fourth-order valence-corrected chi connectivity index (χ4v) is 2.77. The third kappa shape index (κ3) is 4.28. The van der Waals surface area contributed by atoms with Crippen molar-refractivity contribution in [1.29, 1.82) is 0 Å². The van der Waals surface area contributed by atoms with Crippen molar-refractivity contribution in [3.63, 3.8) is 0 Å². The van der Waals surface area contributed by atoms with Gasteiger partial charge in [-0.05, 0) is 12.8 Å². The van der Waals surface area contributed by atoms with E-state index in [4.69, 9.17) is 9.47 Å². The van der Waals surface area contributed by atoms with E-state index in [0.717, 1.165) is 29.8 Å². The smallest absolute Gasteiger partial charge is 0.225 e. The molecule has 2 N–H and O–H groups in total. The molecule has 138 valence electrons. The molecule has 1 saturated carbocycles. The predicted octanol–water partition coefficient (Wildman–Crippen LogP) is 4.48. The lowest BCUT2D eigenvalue weighted by Crippen LogP contribution is -2.07. The van der Waals surface area contributed by atoms with E-state index < -0.39 is 0 Å². The van der Waals surface area contributed by atoms with Crippen LogP contribution in [0.4, 0.5) is 17.5 Å². The van der Waals surface area contributed by atoms with Gasteiger partial charge in [-0.3, -0.25) is 0 Å². The molecule has 0 radical (unpaired) electrons. The third-order valence-electron chi connectivity index (χ3n) is 4.33. The van der Waals surface area contributed by atoms with Gasteiger partial charge in [0.1, 0.15) is 17.3 Å². The SMILES string of the molecule is COc1cc(Nc2cc(-c3ccccc3)nc(NC3CC3)n2)cc(OC)c1. The van der Waals surface area contributed by atoms with Crippen molar-refractivity contribution in [3.8, 4) is 22.8 Å². The molecule has 27 heavy (non-hydrogen) atoms. The summed E-state index contributed by atoms with van der Waals surface area (Å²) < 4.78 is 10.7. The van der Waals surface area contributed by atoms with E-state index >= 15 is 0 Å². The molecular formula is C21H22N4O2. The van der Waals surface area contributed by atoms with Crippen LogP contribution < -0.4 is 20.1 Å². The highest BCUT2D eigenvalue weighted by molar-refractivity contribution is 5.68. The molecule has 0 bridgehead atoms. The highest BCUT2D eigenvalue weighted by Gasteiger charge is 2.22. The summed E-state index contributed by atoms with van der Waals surface area (Å²) in [5, 5.41) is 6.73. The molecule has 6 heteroatoms. The first-order valence-corrected chi connectivity index (χ1v) is 8.94. The van der Waals surface area contributed by atoms with Gasteiger partial charge in [0.25, 0.3) is 0 Å². The van der Waals surface area contributed by atoms with Crippen molar-refractivity contribution in [2.75, 3.05) is 24.9 Å². The lowest BCUT2D eigenvalue weighted by Gasteiger charge is -2.13. The monoisotopic (exact) mass is 362 g/mol. The lowest BCUT2D eigenvalue weighted by atomic mass is 10.1. The quantitative estimate of drug-likeness (QED) is 0.646. The summed E-state index contributed by atoms with van der Waals surface area (Å²) in [5.41, 5.74) is 2.75. The van der Waals surface area contributed by atoms with Gasteiger partial charge >= 0.3 is 0 Å². The minimum Gasteiger partial charge on any atom is -0.497 e. The minimum absolute atomic E-state index is 0.473. The van der Waals surface area contributed by atoms with E-state index in [2.05, 4.69) is 20.6 Å². The number of nitrogens with zero attached hydrogens (tertiary/aromatic N) is 2. The van der Waals surface area contributed by atoms with Crippen LogP contribution in [0, 0.1) is 0 Å². The fraction of sp³-hybridized carbons (Fsp3) is 0.238. The second-order valence-corrected chi connectivity index (χ2v) is 6.47. The van der Waals surface area contributed by atoms with Crippen LogP contribution in [0.25, 0.3) is 11.3 Å². The van der Waals surface area contributed by atoms with Crippen LogP contribution in [-0.4, -0.2) is 30.2 Å². The summed E-state index contributed by atoms with van der Waals surface area (Å²) in [5.74, 6) is 2.77. The van der Waals surface area contributed by atoms with E-state index in [9.17, 15) is 0 Å². The summed E-state index contributed by atoms with van der Waals surface area (Å²) in [4.78, 5) is 9.31. The molecule has 4 rings (SSSR count). The average Bonchev–Trinajstić information content (AvgIpc) is 3.52. The Morgan fingerprint density at radius 1 is 0.889 bits per heavy atom. The number of hydrogen-bond donors (Lipinski definition) is 2. The summed E-state index contributed by atoms with van der Waals surface area (Å²) in [6.07, 6.45) is 2.32. The molecule has 3 aromatic rings. The first kappa shape index (κ1) is 17.1. The zero-order chi connectivity index (χ0) is 18.6. The summed E-state index contributed by atoms with van der Waals surface area (Å²) >= 11 is 0. The van der Waals surface area contributed by atoms with Crippen LogP contribution in [0.5, 0.6) is 11.5 Å². The van der Waals surface area contributed by atoms with Gasteiger partial charge in [0, 0.05) is 41.6 Å².